The van der Waals surface area contributed by atoms with Crippen LogP contribution in [-0.4, -0.2) is 60.7 Å². The lowest BCUT2D eigenvalue weighted by Crippen LogP contribution is -2.50. The van der Waals surface area contributed by atoms with E-state index in [4.69, 9.17) is 4.42 Å². The van der Waals surface area contributed by atoms with E-state index in [-0.39, 0.29) is 36.6 Å². The van der Waals surface area contributed by atoms with Gasteiger partial charge in [-0.15, -0.1) is 0 Å². The Hall–Kier alpha value is -4.01. The predicted octanol–water partition coefficient (Wildman–Crippen LogP) is 3.55. The number of hydrogen-bond acceptors (Lipinski definition) is 5. The second-order valence-corrected chi connectivity index (χ2v) is 8.19. The summed E-state index contributed by atoms with van der Waals surface area (Å²) < 4.78 is 33.9. The molecule has 0 N–H and O–H groups in total. The van der Waals surface area contributed by atoms with Crippen LogP contribution in [0.4, 0.5) is 14.5 Å². The molecule has 0 saturated carbocycles. The smallest absolute Gasteiger partial charge is 0.289 e. The van der Waals surface area contributed by atoms with Crippen LogP contribution in [0, 0.1) is 11.6 Å². The van der Waals surface area contributed by atoms with Crippen molar-refractivity contribution in [2.75, 3.05) is 37.7 Å². The molecule has 34 heavy (non-hydrogen) atoms. The van der Waals surface area contributed by atoms with Gasteiger partial charge >= 0.3 is 0 Å². The lowest BCUT2D eigenvalue weighted by molar-refractivity contribution is 0.0518. The molecule has 0 spiro atoms. The lowest BCUT2D eigenvalue weighted by atomic mass is 10.1. The molecule has 1 fully saturated rings. The first-order valence-electron chi connectivity index (χ1n) is 10.9. The van der Waals surface area contributed by atoms with E-state index in [0.717, 1.165) is 0 Å². The van der Waals surface area contributed by atoms with Crippen molar-refractivity contribution in [2.45, 2.75) is 6.54 Å². The first kappa shape index (κ1) is 21.8. The third kappa shape index (κ3) is 4.16. The summed E-state index contributed by atoms with van der Waals surface area (Å²) in [5.74, 6) is -0.999. The van der Waals surface area contributed by atoms with Crippen LogP contribution < -0.4 is 4.90 Å². The molecule has 174 valence electrons. The number of aliphatic imine (C=N–C) groups is 1. The van der Waals surface area contributed by atoms with Crippen LogP contribution in [0.1, 0.15) is 32.0 Å². The maximum Gasteiger partial charge on any atom is 0.289 e. The summed E-state index contributed by atoms with van der Waals surface area (Å²) in [5, 5.41) is 0. The average Bonchev–Trinajstić information content (AvgIpc) is 3.40. The van der Waals surface area contributed by atoms with E-state index in [1.54, 1.807) is 39.0 Å². The number of rotatable bonds is 4. The summed E-state index contributed by atoms with van der Waals surface area (Å²) in [6, 6.07) is 12.3. The van der Waals surface area contributed by atoms with Crippen LogP contribution in [0.2, 0.25) is 0 Å². The van der Waals surface area contributed by atoms with Gasteiger partial charge in [0.15, 0.2) is 5.76 Å². The van der Waals surface area contributed by atoms with Crippen molar-refractivity contribution >= 4 is 23.7 Å². The molecule has 9 heteroatoms. The number of amides is 2. The Morgan fingerprint density at radius 1 is 0.912 bits per heavy atom. The number of carbonyl (C=O) groups excluding carboxylic acids is 2. The van der Waals surface area contributed by atoms with Crippen LogP contribution in [0.3, 0.4) is 0 Å². The first-order valence-corrected chi connectivity index (χ1v) is 10.9. The molecule has 7 nitrogen and oxygen atoms in total. The number of fused-ring (bicyclic) bond motifs is 1. The highest BCUT2D eigenvalue weighted by Crippen LogP contribution is 2.27. The van der Waals surface area contributed by atoms with Crippen molar-refractivity contribution in [3.05, 3.63) is 88.9 Å². The topological polar surface area (TPSA) is 69.4 Å². The second-order valence-electron chi connectivity index (χ2n) is 8.19. The van der Waals surface area contributed by atoms with Crippen LogP contribution in [-0.2, 0) is 6.54 Å². The zero-order valence-corrected chi connectivity index (χ0v) is 18.3. The zero-order chi connectivity index (χ0) is 23.7. The monoisotopic (exact) mass is 464 g/mol. The molecule has 3 aromatic rings. The van der Waals surface area contributed by atoms with Crippen molar-refractivity contribution in [1.29, 1.82) is 0 Å². The van der Waals surface area contributed by atoms with E-state index in [1.807, 2.05) is 0 Å². The van der Waals surface area contributed by atoms with Crippen molar-refractivity contribution in [2.24, 2.45) is 4.99 Å². The van der Waals surface area contributed by atoms with Gasteiger partial charge in [0.1, 0.15) is 18.3 Å². The van der Waals surface area contributed by atoms with Gasteiger partial charge in [-0.05, 0) is 42.5 Å². The minimum Gasteiger partial charge on any atom is -0.459 e. The number of anilines is 1. The quantitative estimate of drug-likeness (QED) is 0.592. The highest BCUT2D eigenvalue weighted by Gasteiger charge is 2.27. The number of halogens is 2. The highest BCUT2D eigenvalue weighted by atomic mass is 19.1. The normalized spacial score (nSPS) is 15.4. The number of piperazine rings is 1. The third-order valence-corrected chi connectivity index (χ3v) is 6.08. The molecule has 3 heterocycles. The fraction of sp³-hybridized carbons (Fsp3) is 0.240. The van der Waals surface area contributed by atoms with Crippen LogP contribution in [0.25, 0.3) is 0 Å². The minimum atomic E-state index is -0.446. The summed E-state index contributed by atoms with van der Waals surface area (Å²) >= 11 is 0. The standard InChI is InChI=1S/C25H22F2N4O3/c26-20-7-6-17(13-18(20)15-31-16-28-14-19-21(27)3-1-4-22(19)31)24(32)29-8-10-30(11-9-29)25(33)23-5-2-12-34-23/h1-7,12-14H,8-11,15-16H2. The minimum absolute atomic E-state index is 0.145. The molecule has 0 bridgehead atoms. The number of furan rings is 1. The summed E-state index contributed by atoms with van der Waals surface area (Å²) in [6.45, 7) is 1.91. The SMILES string of the molecule is O=C(c1ccc(F)c(CN2CN=Cc3c(F)cccc32)c1)N1CCN(C(=O)c2ccco2)CC1. The van der Waals surface area contributed by atoms with Crippen LogP contribution in [0.15, 0.2) is 64.2 Å². The molecule has 2 aliphatic rings. The maximum absolute atomic E-state index is 14.6. The summed E-state index contributed by atoms with van der Waals surface area (Å²) in [7, 11) is 0. The van der Waals surface area contributed by atoms with Gasteiger partial charge in [0, 0.05) is 50.1 Å². The van der Waals surface area contributed by atoms with Gasteiger partial charge < -0.3 is 19.1 Å². The molecule has 1 aromatic heterocycles. The van der Waals surface area contributed by atoms with E-state index in [1.165, 1.54) is 36.7 Å². The Morgan fingerprint density at radius 2 is 1.68 bits per heavy atom. The maximum atomic E-state index is 14.6. The molecule has 5 rings (SSSR count). The Bertz CT molecular complexity index is 1250. The summed E-state index contributed by atoms with van der Waals surface area (Å²) in [5.41, 5.74) is 1.68. The molecular formula is C25H22F2N4O3. The van der Waals surface area contributed by atoms with Gasteiger partial charge in [-0.2, -0.15) is 0 Å². The van der Waals surface area contributed by atoms with E-state index in [0.29, 0.717) is 48.6 Å². The predicted molar refractivity (Wildman–Crippen MR) is 122 cm³/mol. The third-order valence-electron chi connectivity index (χ3n) is 6.08. The van der Waals surface area contributed by atoms with E-state index in [9.17, 15) is 18.4 Å². The van der Waals surface area contributed by atoms with Gasteiger partial charge in [-0.3, -0.25) is 14.6 Å². The van der Waals surface area contributed by atoms with Gasteiger partial charge in [0.25, 0.3) is 11.8 Å². The Labute approximate surface area is 194 Å². The van der Waals surface area contributed by atoms with Crippen LogP contribution in [0.5, 0.6) is 0 Å². The fourth-order valence-corrected chi connectivity index (χ4v) is 4.26. The number of nitrogens with zero attached hydrogens (tertiary/aromatic N) is 4. The van der Waals surface area contributed by atoms with E-state index >= 15 is 0 Å². The molecule has 2 amide bonds. The van der Waals surface area contributed by atoms with Gasteiger partial charge in [-0.25, -0.2) is 8.78 Å². The number of benzene rings is 2. The molecule has 0 radical (unpaired) electrons. The average molecular weight is 464 g/mol. The molecule has 0 atom stereocenters. The highest BCUT2D eigenvalue weighted by molar-refractivity contribution is 5.95. The Kier molecular flexibility index (Phi) is 5.83. The Morgan fingerprint density at radius 3 is 2.41 bits per heavy atom. The second kappa shape index (κ2) is 9.09. The van der Waals surface area contributed by atoms with Gasteiger partial charge in [0.05, 0.1) is 17.5 Å². The lowest BCUT2D eigenvalue weighted by Gasteiger charge is -2.34. The number of carbonyl (C=O) groups is 2. The molecule has 0 aliphatic carbocycles. The summed E-state index contributed by atoms with van der Waals surface area (Å²) in [6.07, 6.45) is 2.93. The molecule has 1 saturated heterocycles. The molecular weight excluding hydrogens is 442 g/mol. The van der Waals surface area contributed by atoms with Crippen LogP contribution >= 0.6 is 0 Å². The molecule has 2 aliphatic heterocycles. The summed E-state index contributed by atoms with van der Waals surface area (Å²) in [4.78, 5) is 34.8. The van der Waals surface area contributed by atoms with Crippen molar-refractivity contribution in [3.63, 3.8) is 0 Å². The van der Waals surface area contributed by atoms with Crippen molar-refractivity contribution in [1.82, 2.24) is 9.80 Å². The molecule has 0 unspecified atom stereocenters. The Balaban J connectivity index is 1.28. The van der Waals surface area contributed by atoms with Gasteiger partial charge in [0.2, 0.25) is 0 Å². The fourth-order valence-electron chi connectivity index (χ4n) is 4.26. The van der Waals surface area contributed by atoms with Crippen molar-refractivity contribution in [3.8, 4) is 0 Å². The number of hydrogen-bond donors (Lipinski definition) is 0. The van der Waals surface area contributed by atoms with Gasteiger partial charge in [-0.1, -0.05) is 6.07 Å². The largest absolute Gasteiger partial charge is 0.459 e. The van der Waals surface area contributed by atoms with Crippen molar-refractivity contribution < 1.29 is 22.8 Å². The first-order chi connectivity index (χ1) is 16.5. The van der Waals surface area contributed by atoms with E-state index in [2.05, 4.69) is 4.99 Å². The zero-order valence-electron chi connectivity index (χ0n) is 18.3. The van der Waals surface area contributed by atoms with E-state index < -0.39 is 5.82 Å². The molecule has 2 aromatic carbocycles.